The summed E-state index contributed by atoms with van der Waals surface area (Å²) in [5, 5.41) is 11.7. The van der Waals surface area contributed by atoms with Gasteiger partial charge in [0.15, 0.2) is 17.5 Å². The average Bonchev–Trinajstić information content (AvgIpc) is 3.23. The number of amides is 2. The molecule has 0 aliphatic heterocycles. The molecular formula is C21H17Cl2F3N6O3S. The number of nitrogens with one attached hydrogen (secondary N) is 3. The summed E-state index contributed by atoms with van der Waals surface area (Å²) >= 11 is 17.4. The van der Waals surface area contributed by atoms with Crippen LogP contribution in [0.1, 0.15) is 26.4 Å². The molecule has 0 unspecified atom stereocenters. The topological polar surface area (TPSA) is 110 Å². The number of hydrogen-bond donors (Lipinski definition) is 3. The number of carbonyl (C=O) groups is 2. The molecule has 0 saturated carbocycles. The predicted octanol–water partition coefficient (Wildman–Crippen LogP) is 4.31. The van der Waals surface area contributed by atoms with Crippen LogP contribution in [0.25, 0.3) is 5.82 Å². The van der Waals surface area contributed by atoms with Crippen LogP contribution in [-0.2, 0) is 0 Å². The van der Waals surface area contributed by atoms with Crippen LogP contribution in [-0.4, -0.2) is 51.5 Å². The van der Waals surface area contributed by atoms with E-state index in [0.717, 1.165) is 10.7 Å². The van der Waals surface area contributed by atoms with Crippen LogP contribution in [0.4, 0.5) is 18.9 Å². The van der Waals surface area contributed by atoms with E-state index in [4.69, 9.17) is 35.4 Å². The van der Waals surface area contributed by atoms with Gasteiger partial charge in [0, 0.05) is 24.3 Å². The van der Waals surface area contributed by atoms with Gasteiger partial charge in [-0.1, -0.05) is 23.2 Å². The van der Waals surface area contributed by atoms with Crippen molar-refractivity contribution in [1.82, 2.24) is 25.4 Å². The Kier molecular flexibility index (Phi) is 8.38. The molecule has 3 aromatic rings. The summed E-state index contributed by atoms with van der Waals surface area (Å²) in [7, 11) is 1.44. The minimum absolute atomic E-state index is 0.0273. The normalized spacial score (nSPS) is 11.1. The van der Waals surface area contributed by atoms with Gasteiger partial charge in [-0.25, -0.2) is 9.67 Å². The summed E-state index contributed by atoms with van der Waals surface area (Å²) in [5.41, 5.74) is 0.758. The lowest BCUT2D eigenvalue weighted by Crippen LogP contribution is -2.36. The average molecular weight is 561 g/mol. The first-order valence-corrected chi connectivity index (χ1v) is 11.1. The van der Waals surface area contributed by atoms with Crippen molar-refractivity contribution < 1.29 is 27.5 Å². The SMILES string of the molecule is CNC(=O)c1cc(Cl)cc(C)c1NC(=S)NC(=O)c1cc(OCC(F)(F)F)nn1-c1ncccc1Cl. The van der Waals surface area contributed by atoms with Crippen molar-refractivity contribution in [3.63, 3.8) is 0 Å². The lowest BCUT2D eigenvalue weighted by atomic mass is 10.1. The molecule has 0 bridgehead atoms. The molecule has 190 valence electrons. The van der Waals surface area contributed by atoms with Crippen molar-refractivity contribution >= 4 is 58.0 Å². The van der Waals surface area contributed by atoms with Gasteiger partial charge in [0.2, 0.25) is 5.88 Å². The number of aromatic nitrogens is 3. The first kappa shape index (κ1) is 27.2. The molecule has 15 heteroatoms. The molecule has 2 aromatic heterocycles. The number of carbonyl (C=O) groups excluding carboxylic acids is 2. The van der Waals surface area contributed by atoms with Crippen LogP contribution in [0.15, 0.2) is 36.5 Å². The molecule has 0 saturated heterocycles. The lowest BCUT2D eigenvalue weighted by molar-refractivity contribution is -0.154. The monoisotopic (exact) mass is 560 g/mol. The predicted molar refractivity (Wildman–Crippen MR) is 131 cm³/mol. The number of rotatable bonds is 6. The highest BCUT2D eigenvalue weighted by Crippen LogP contribution is 2.26. The highest BCUT2D eigenvalue weighted by atomic mass is 35.5. The summed E-state index contributed by atoms with van der Waals surface area (Å²) in [5.74, 6) is -1.84. The van der Waals surface area contributed by atoms with Gasteiger partial charge < -0.3 is 15.4 Å². The molecule has 9 nitrogen and oxygen atoms in total. The summed E-state index contributed by atoms with van der Waals surface area (Å²) in [6.45, 7) is 0.0482. The maximum absolute atomic E-state index is 13.0. The van der Waals surface area contributed by atoms with Crippen molar-refractivity contribution in [1.29, 1.82) is 0 Å². The standard InChI is InChI=1S/C21H17Cl2F3N6O3S/c1-10-6-11(22)7-12(18(33)27-2)16(10)29-20(36)30-19(34)14-8-15(35-9-21(24,25)26)31-32(14)17-13(23)4-3-5-28-17/h3-8H,9H2,1-2H3,(H,27,33)(H2,29,30,34,36). The van der Waals surface area contributed by atoms with E-state index in [1.165, 1.54) is 31.4 Å². The van der Waals surface area contributed by atoms with Gasteiger partial charge in [-0.05, 0) is 49.0 Å². The van der Waals surface area contributed by atoms with E-state index in [1.807, 2.05) is 0 Å². The number of hydrogen-bond acceptors (Lipinski definition) is 6. The van der Waals surface area contributed by atoms with E-state index in [2.05, 4.69) is 30.8 Å². The second-order valence-electron chi connectivity index (χ2n) is 7.12. The smallest absolute Gasteiger partial charge is 0.422 e. The summed E-state index contributed by atoms with van der Waals surface area (Å²) < 4.78 is 43.4. The molecule has 2 heterocycles. The van der Waals surface area contributed by atoms with E-state index in [1.54, 1.807) is 13.0 Å². The van der Waals surface area contributed by atoms with E-state index in [-0.39, 0.29) is 27.2 Å². The number of aryl methyl sites for hydroxylation is 1. The van der Waals surface area contributed by atoms with Crippen LogP contribution in [0.2, 0.25) is 10.0 Å². The quantitative estimate of drug-likeness (QED) is 0.385. The Bertz CT molecular complexity index is 1330. The number of nitrogens with zero attached hydrogens (tertiary/aromatic N) is 3. The molecule has 3 N–H and O–H groups in total. The van der Waals surface area contributed by atoms with Gasteiger partial charge in [-0.15, -0.1) is 5.10 Å². The second-order valence-corrected chi connectivity index (χ2v) is 8.38. The van der Waals surface area contributed by atoms with E-state index < -0.39 is 30.5 Å². The summed E-state index contributed by atoms with van der Waals surface area (Å²) in [6, 6.07) is 6.97. The van der Waals surface area contributed by atoms with Gasteiger partial charge >= 0.3 is 6.18 Å². The van der Waals surface area contributed by atoms with Crippen LogP contribution < -0.4 is 20.7 Å². The molecule has 2 amide bonds. The number of benzene rings is 1. The molecule has 0 spiro atoms. The third-order valence-electron chi connectivity index (χ3n) is 4.48. The molecular weight excluding hydrogens is 544 g/mol. The van der Waals surface area contributed by atoms with Crippen molar-refractivity contribution in [3.8, 4) is 11.7 Å². The fraction of sp³-hybridized carbons (Fsp3) is 0.190. The first-order valence-electron chi connectivity index (χ1n) is 9.94. The second kappa shape index (κ2) is 11.1. The molecule has 0 aliphatic carbocycles. The molecule has 0 atom stereocenters. The van der Waals surface area contributed by atoms with Crippen LogP contribution in [0, 0.1) is 6.92 Å². The van der Waals surface area contributed by atoms with Crippen molar-refractivity contribution in [2.24, 2.45) is 0 Å². The largest absolute Gasteiger partial charge is 0.467 e. The van der Waals surface area contributed by atoms with Gasteiger partial charge in [0.1, 0.15) is 5.69 Å². The molecule has 3 rings (SSSR count). The fourth-order valence-electron chi connectivity index (χ4n) is 2.98. The molecule has 0 fully saturated rings. The first-order chi connectivity index (χ1) is 16.9. The Morgan fingerprint density at radius 1 is 1.19 bits per heavy atom. The Morgan fingerprint density at radius 2 is 1.92 bits per heavy atom. The maximum Gasteiger partial charge on any atom is 0.422 e. The summed E-state index contributed by atoms with van der Waals surface area (Å²) in [4.78, 5) is 29.3. The zero-order chi connectivity index (χ0) is 26.6. The molecule has 36 heavy (non-hydrogen) atoms. The number of thiocarbonyl (C=S) groups is 1. The van der Waals surface area contributed by atoms with E-state index >= 15 is 0 Å². The Balaban J connectivity index is 1.90. The van der Waals surface area contributed by atoms with Gasteiger partial charge in [0.05, 0.1) is 16.3 Å². The van der Waals surface area contributed by atoms with E-state index in [9.17, 15) is 22.8 Å². The van der Waals surface area contributed by atoms with Crippen molar-refractivity contribution in [2.75, 3.05) is 19.0 Å². The summed E-state index contributed by atoms with van der Waals surface area (Å²) in [6.07, 6.45) is -3.27. The number of anilines is 1. The zero-order valence-electron chi connectivity index (χ0n) is 18.5. The maximum atomic E-state index is 13.0. The number of alkyl halides is 3. The highest BCUT2D eigenvalue weighted by molar-refractivity contribution is 7.80. The number of pyridine rings is 1. The minimum Gasteiger partial charge on any atom is -0.467 e. The van der Waals surface area contributed by atoms with Crippen molar-refractivity contribution in [2.45, 2.75) is 13.1 Å². The highest BCUT2D eigenvalue weighted by Gasteiger charge is 2.30. The Labute approximate surface area is 217 Å². The zero-order valence-corrected chi connectivity index (χ0v) is 20.9. The van der Waals surface area contributed by atoms with Crippen LogP contribution in [0.5, 0.6) is 5.88 Å². The Morgan fingerprint density at radius 3 is 2.56 bits per heavy atom. The lowest BCUT2D eigenvalue weighted by Gasteiger charge is -2.16. The molecule has 0 radical (unpaired) electrons. The van der Waals surface area contributed by atoms with Gasteiger partial charge in [-0.2, -0.15) is 13.2 Å². The van der Waals surface area contributed by atoms with Crippen LogP contribution in [0.3, 0.4) is 0 Å². The fourth-order valence-corrected chi connectivity index (χ4v) is 3.65. The molecule has 1 aromatic carbocycles. The van der Waals surface area contributed by atoms with Gasteiger partial charge in [0.25, 0.3) is 11.8 Å². The third-order valence-corrected chi connectivity index (χ3v) is 5.20. The number of halogens is 5. The van der Waals surface area contributed by atoms with Gasteiger partial charge in [-0.3, -0.25) is 14.9 Å². The minimum atomic E-state index is -4.63. The van der Waals surface area contributed by atoms with E-state index in [0.29, 0.717) is 16.3 Å². The van der Waals surface area contributed by atoms with Crippen molar-refractivity contribution in [3.05, 3.63) is 63.4 Å². The molecule has 0 aliphatic rings. The Hall–Kier alpha value is -3.42. The third kappa shape index (κ3) is 6.62. The van der Waals surface area contributed by atoms with Crippen LogP contribution >= 0.6 is 35.4 Å². The number of ether oxygens (including phenoxy) is 1.